The van der Waals surface area contributed by atoms with Gasteiger partial charge in [-0.2, -0.15) is 0 Å². The van der Waals surface area contributed by atoms with Crippen LogP contribution in [0.4, 0.5) is 0 Å². The molecule has 128 valence electrons. The van der Waals surface area contributed by atoms with Gasteiger partial charge in [-0.25, -0.2) is 0 Å². The molecule has 0 aromatic heterocycles. The molecular formula is C23H30O. The number of methoxy groups -OCH3 is 1. The van der Waals surface area contributed by atoms with Crippen molar-refractivity contribution in [2.75, 3.05) is 7.11 Å². The largest absolute Gasteiger partial charge is 0.496 e. The Morgan fingerprint density at radius 1 is 1.21 bits per heavy atom. The van der Waals surface area contributed by atoms with Gasteiger partial charge in [0.05, 0.1) is 7.11 Å². The zero-order valence-corrected chi connectivity index (χ0v) is 15.4. The molecule has 1 aromatic rings. The van der Waals surface area contributed by atoms with Crippen LogP contribution in [0.15, 0.2) is 30.4 Å². The maximum atomic E-state index is 5.64. The van der Waals surface area contributed by atoms with E-state index in [0.717, 1.165) is 29.1 Å². The van der Waals surface area contributed by atoms with Crippen molar-refractivity contribution in [3.8, 4) is 5.75 Å². The number of benzene rings is 1. The predicted molar refractivity (Wildman–Crippen MR) is 101 cm³/mol. The number of fused-ring (bicyclic) bond motifs is 5. The van der Waals surface area contributed by atoms with Crippen LogP contribution in [-0.4, -0.2) is 7.11 Å². The summed E-state index contributed by atoms with van der Waals surface area (Å²) in [5.74, 6) is 3.46. The number of hydrogen-bond acceptors (Lipinski definition) is 1. The fourth-order valence-electron chi connectivity index (χ4n) is 6.28. The highest BCUT2D eigenvalue weighted by Gasteiger charge is 2.52. The second-order valence-electron chi connectivity index (χ2n) is 8.22. The molecule has 2 saturated carbocycles. The van der Waals surface area contributed by atoms with Gasteiger partial charge in [-0.15, -0.1) is 0 Å². The van der Waals surface area contributed by atoms with Crippen LogP contribution in [0.25, 0.3) is 6.08 Å². The lowest BCUT2D eigenvalue weighted by atomic mass is 9.55. The van der Waals surface area contributed by atoms with Gasteiger partial charge in [0.2, 0.25) is 0 Å². The SMILES string of the molecule is C=Cc1cc2c(cc1OC)C1CCC3(C)/C(=C\C)CCC3C1CC2. The van der Waals surface area contributed by atoms with E-state index in [-0.39, 0.29) is 0 Å². The second kappa shape index (κ2) is 5.79. The van der Waals surface area contributed by atoms with E-state index in [0.29, 0.717) is 5.41 Å². The first-order chi connectivity index (χ1) is 11.6. The van der Waals surface area contributed by atoms with Gasteiger partial charge in [0.15, 0.2) is 0 Å². The van der Waals surface area contributed by atoms with E-state index in [1.807, 2.05) is 6.08 Å². The van der Waals surface area contributed by atoms with Crippen LogP contribution in [0.2, 0.25) is 0 Å². The van der Waals surface area contributed by atoms with Crippen LogP contribution in [0, 0.1) is 17.3 Å². The topological polar surface area (TPSA) is 9.23 Å². The molecule has 0 saturated heterocycles. The van der Waals surface area contributed by atoms with E-state index >= 15 is 0 Å². The summed E-state index contributed by atoms with van der Waals surface area (Å²) < 4.78 is 5.64. The number of ether oxygens (including phenoxy) is 1. The maximum Gasteiger partial charge on any atom is 0.126 e. The average molecular weight is 322 g/mol. The molecule has 0 heterocycles. The Balaban J connectivity index is 1.73. The zero-order valence-electron chi connectivity index (χ0n) is 15.4. The van der Waals surface area contributed by atoms with Gasteiger partial charge in [-0.3, -0.25) is 0 Å². The molecule has 0 amide bonds. The van der Waals surface area contributed by atoms with Gasteiger partial charge in [-0.1, -0.05) is 31.2 Å². The Bertz CT molecular complexity index is 698. The highest BCUT2D eigenvalue weighted by molar-refractivity contribution is 5.60. The quantitative estimate of drug-likeness (QED) is 0.594. The minimum atomic E-state index is 0.471. The lowest BCUT2D eigenvalue weighted by Gasteiger charge is -2.49. The van der Waals surface area contributed by atoms with Gasteiger partial charge in [-0.05, 0) is 91.9 Å². The Morgan fingerprint density at radius 3 is 2.75 bits per heavy atom. The second-order valence-corrected chi connectivity index (χ2v) is 8.22. The molecular weight excluding hydrogens is 292 g/mol. The van der Waals surface area contributed by atoms with E-state index in [9.17, 15) is 0 Å². The molecule has 0 radical (unpaired) electrons. The molecule has 0 N–H and O–H groups in total. The summed E-state index contributed by atoms with van der Waals surface area (Å²) in [4.78, 5) is 0. The van der Waals surface area contributed by atoms with Crippen molar-refractivity contribution in [3.63, 3.8) is 0 Å². The van der Waals surface area contributed by atoms with Gasteiger partial charge in [0, 0.05) is 5.56 Å². The third-order valence-corrected chi connectivity index (χ3v) is 7.49. The highest BCUT2D eigenvalue weighted by atomic mass is 16.5. The third kappa shape index (κ3) is 2.13. The Morgan fingerprint density at radius 2 is 2.04 bits per heavy atom. The summed E-state index contributed by atoms with van der Waals surface area (Å²) in [6.07, 6.45) is 12.3. The number of allylic oxidation sites excluding steroid dienone is 2. The smallest absolute Gasteiger partial charge is 0.126 e. The molecule has 3 aliphatic carbocycles. The van der Waals surface area contributed by atoms with Crippen molar-refractivity contribution in [1.82, 2.24) is 0 Å². The zero-order chi connectivity index (χ0) is 16.9. The Kier molecular flexibility index (Phi) is 3.86. The molecule has 24 heavy (non-hydrogen) atoms. The van der Waals surface area contributed by atoms with Crippen LogP contribution in [0.1, 0.15) is 68.6 Å². The molecule has 0 bridgehead atoms. The first-order valence-corrected chi connectivity index (χ1v) is 9.61. The summed E-state index contributed by atoms with van der Waals surface area (Å²) in [5.41, 5.74) is 6.46. The standard InChI is InChI=1S/C23H30O/c1-5-15-13-16-7-9-19-18(20(16)14-22(15)24-4)11-12-23(3)17(6-2)8-10-21(19)23/h5-6,13-14,18-19,21H,1,7-12H2,2-4H3/b17-6-. The predicted octanol–water partition coefficient (Wildman–Crippen LogP) is 6.14. The van der Waals surface area contributed by atoms with Gasteiger partial charge >= 0.3 is 0 Å². The fraction of sp³-hybridized carbons (Fsp3) is 0.565. The Hall–Kier alpha value is -1.50. The molecule has 0 spiro atoms. The van der Waals surface area contributed by atoms with Crippen molar-refractivity contribution in [1.29, 1.82) is 0 Å². The van der Waals surface area contributed by atoms with E-state index in [4.69, 9.17) is 4.74 Å². The number of rotatable bonds is 2. The molecule has 4 unspecified atom stereocenters. The van der Waals surface area contributed by atoms with Crippen molar-refractivity contribution in [3.05, 3.63) is 47.1 Å². The maximum absolute atomic E-state index is 5.64. The fourth-order valence-corrected chi connectivity index (χ4v) is 6.28. The van der Waals surface area contributed by atoms with E-state index in [2.05, 4.69) is 38.6 Å². The molecule has 0 aliphatic heterocycles. The van der Waals surface area contributed by atoms with E-state index in [1.54, 1.807) is 23.8 Å². The lowest BCUT2D eigenvalue weighted by molar-refractivity contribution is 0.0812. The van der Waals surface area contributed by atoms with E-state index < -0.39 is 0 Å². The normalized spacial score (nSPS) is 36.0. The summed E-state index contributed by atoms with van der Waals surface area (Å²) >= 11 is 0. The number of aryl methyl sites for hydroxylation is 1. The Labute approximate surface area is 146 Å². The monoisotopic (exact) mass is 322 g/mol. The van der Waals surface area contributed by atoms with Crippen LogP contribution in [0.5, 0.6) is 5.75 Å². The highest BCUT2D eigenvalue weighted by Crippen LogP contribution is 2.62. The molecule has 4 atom stereocenters. The molecule has 1 nitrogen and oxygen atoms in total. The average Bonchev–Trinajstić information content (AvgIpc) is 2.96. The van der Waals surface area contributed by atoms with Gasteiger partial charge < -0.3 is 4.74 Å². The first kappa shape index (κ1) is 16.0. The van der Waals surface area contributed by atoms with Crippen molar-refractivity contribution >= 4 is 6.08 Å². The van der Waals surface area contributed by atoms with Crippen LogP contribution >= 0.6 is 0 Å². The third-order valence-electron chi connectivity index (χ3n) is 7.49. The minimum absolute atomic E-state index is 0.471. The number of hydrogen-bond donors (Lipinski definition) is 0. The first-order valence-electron chi connectivity index (χ1n) is 9.61. The molecule has 1 aromatic carbocycles. The van der Waals surface area contributed by atoms with Gasteiger partial charge in [0.25, 0.3) is 0 Å². The minimum Gasteiger partial charge on any atom is -0.496 e. The van der Waals surface area contributed by atoms with Crippen molar-refractivity contribution < 1.29 is 4.74 Å². The molecule has 3 aliphatic rings. The van der Waals surface area contributed by atoms with Gasteiger partial charge in [0.1, 0.15) is 5.75 Å². The molecule has 2 fully saturated rings. The van der Waals surface area contributed by atoms with Crippen LogP contribution in [-0.2, 0) is 6.42 Å². The van der Waals surface area contributed by atoms with Crippen LogP contribution in [0.3, 0.4) is 0 Å². The summed E-state index contributed by atoms with van der Waals surface area (Å²) in [5, 5.41) is 0. The summed E-state index contributed by atoms with van der Waals surface area (Å²) in [6.45, 7) is 8.75. The lowest BCUT2D eigenvalue weighted by Crippen LogP contribution is -2.40. The van der Waals surface area contributed by atoms with E-state index in [1.165, 1.54) is 38.5 Å². The van der Waals surface area contributed by atoms with Crippen LogP contribution < -0.4 is 4.74 Å². The molecule has 4 rings (SSSR count). The summed E-state index contributed by atoms with van der Waals surface area (Å²) in [7, 11) is 1.78. The van der Waals surface area contributed by atoms with Crippen molar-refractivity contribution in [2.45, 2.75) is 58.3 Å². The van der Waals surface area contributed by atoms with Crippen molar-refractivity contribution in [2.24, 2.45) is 17.3 Å². The summed E-state index contributed by atoms with van der Waals surface area (Å²) in [6, 6.07) is 4.66. The molecule has 1 heteroatoms.